The van der Waals surface area contributed by atoms with Gasteiger partial charge in [0, 0.05) is 29.3 Å². The summed E-state index contributed by atoms with van der Waals surface area (Å²) in [5.74, 6) is -0.104. The highest BCUT2D eigenvalue weighted by molar-refractivity contribution is 6.04. The van der Waals surface area contributed by atoms with E-state index >= 15 is 0 Å². The summed E-state index contributed by atoms with van der Waals surface area (Å²) in [6.45, 7) is 6.52. The lowest BCUT2D eigenvalue weighted by molar-refractivity contribution is 0.102. The highest BCUT2D eigenvalue weighted by atomic mass is 16.1. The fraction of sp³-hybridized carbons (Fsp3) is 0.190. The molecule has 0 bridgehead atoms. The van der Waals surface area contributed by atoms with Crippen molar-refractivity contribution < 1.29 is 4.79 Å². The van der Waals surface area contributed by atoms with Crippen molar-refractivity contribution in [2.45, 2.75) is 26.2 Å². The Morgan fingerprint density at radius 1 is 0.917 bits per heavy atom. The maximum atomic E-state index is 12.5. The Morgan fingerprint density at radius 3 is 2.21 bits per heavy atom. The molecule has 3 heteroatoms. The summed E-state index contributed by atoms with van der Waals surface area (Å²) in [7, 11) is 0. The number of hydrogen-bond donors (Lipinski definition) is 1. The van der Waals surface area contributed by atoms with Gasteiger partial charge in [0.25, 0.3) is 5.91 Å². The first kappa shape index (κ1) is 16.1. The second-order valence-electron chi connectivity index (χ2n) is 6.92. The normalized spacial score (nSPS) is 11.3. The molecule has 0 atom stereocenters. The van der Waals surface area contributed by atoms with Crippen molar-refractivity contribution in [3.8, 4) is 5.69 Å². The van der Waals surface area contributed by atoms with E-state index in [-0.39, 0.29) is 11.3 Å². The minimum atomic E-state index is -0.104. The molecule has 0 spiro atoms. The maximum absolute atomic E-state index is 12.5. The SMILES string of the molecule is CC(C)(C)c1ccc(NC(=O)c2cccc(-n3cccc3)c2)cc1. The molecule has 2 aromatic carbocycles. The molecule has 0 saturated heterocycles. The fourth-order valence-corrected chi connectivity index (χ4v) is 2.57. The van der Waals surface area contributed by atoms with Crippen LogP contribution in [0.3, 0.4) is 0 Å². The maximum Gasteiger partial charge on any atom is 0.255 e. The molecule has 24 heavy (non-hydrogen) atoms. The molecule has 1 heterocycles. The van der Waals surface area contributed by atoms with Gasteiger partial charge in [-0.1, -0.05) is 39.0 Å². The summed E-state index contributed by atoms with van der Waals surface area (Å²) in [5.41, 5.74) is 3.76. The van der Waals surface area contributed by atoms with E-state index in [0.717, 1.165) is 11.4 Å². The first-order chi connectivity index (χ1) is 11.4. The topological polar surface area (TPSA) is 34.0 Å². The van der Waals surface area contributed by atoms with Gasteiger partial charge in [-0.15, -0.1) is 0 Å². The number of nitrogens with zero attached hydrogens (tertiary/aromatic N) is 1. The first-order valence-electron chi connectivity index (χ1n) is 8.09. The number of anilines is 1. The van der Waals surface area contributed by atoms with E-state index in [9.17, 15) is 4.79 Å². The quantitative estimate of drug-likeness (QED) is 0.722. The van der Waals surface area contributed by atoms with Gasteiger partial charge in [0.15, 0.2) is 0 Å². The second-order valence-corrected chi connectivity index (χ2v) is 6.92. The molecule has 0 unspecified atom stereocenters. The van der Waals surface area contributed by atoms with E-state index in [0.29, 0.717) is 5.56 Å². The summed E-state index contributed by atoms with van der Waals surface area (Å²) in [6.07, 6.45) is 3.92. The van der Waals surface area contributed by atoms with Gasteiger partial charge < -0.3 is 9.88 Å². The molecule has 0 saturated carbocycles. The number of carbonyl (C=O) groups is 1. The van der Waals surface area contributed by atoms with Crippen LogP contribution in [0.4, 0.5) is 5.69 Å². The Kier molecular flexibility index (Phi) is 4.26. The summed E-state index contributed by atoms with van der Waals surface area (Å²) in [6, 6.07) is 19.5. The standard InChI is InChI=1S/C21H22N2O/c1-21(2,3)17-9-11-18(12-10-17)22-20(24)16-7-6-8-19(15-16)23-13-4-5-14-23/h4-15H,1-3H3,(H,22,24). The Labute approximate surface area is 143 Å². The van der Waals surface area contributed by atoms with Gasteiger partial charge in [0.2, 0.25) is 0 Å². The van der Waals surface area contributed by atoms with Gasteiger partial charge >= 0.3 is 0 Å². The number of rotatable bonds is 3. The molecule has 1 amide bonds. The molecule has 3 aromatic rings. The van der Waals surface area contributed by atoms with Crippen molar-refractivity contribution in [3.63, 3.8) is 0 Å². The van der Waals surface area contributed by atoms with Crippen molar-refractivity contribution in [3.05, 3.63) is 84.2 Å². The summed E-state index contributed by atoms with van der Waals surface area (Å²) >= 11 is 0. The third-order valence-electron chi connectivity index (χ3n) is 4.02. The summed E-state index contributed by atoms with van der Waals surface area (Å²) in [5, 5.41) is 2.96. The monoisotopic (exact) mass is 318 g/mol. The van der Waals surface area contributed by atoms with E-state index < -0.39 is 0 Å². The van der Waals surface area contributed by atoms with Crippen LogP contribution in [-0.4, -0.2) is 10.5 Å². The Bertz CT molecular complexity index is 825. The van der Waals surface area contributed by atoms with Crippen molar-refractivity contribution in [1.82, 2.24) is 4.57 Å². The molecule has 1 N–H and O–H groups in total. The Balaban J connectivity index is 1.77. The summed E-state index contributed by atoms with van der Waals surface area (Å²) in [4.78, 5) is 12.5. The predicted molar refractivity (Wildman–Crippen MR) is 98.9 cm³/mol. The van der Waals surface area contributed by atoms with Gasteiger partial charge in [-0.3, -0.25) is 4.79 Å². The predicted octanol–water partition coefficient (Wildman–Crippen LogP) is 5.03. The molecule has 0 aliphatic carbocycles. The zero-order chi connectivity index (χ0) is 17.2. The lowest BCUT2D eigenvalue weighted by Gasteiger charge is -2.19. The first-order valence-corrected chi connectivity index (χ1v) is 8.09. The number of aromatic nitrogens is 1. The lowest BCUT2D eigenvalue weighted by atomic mass is 9.87. The molecule has 0 aliphatic heterocycles. The fourth-order valence-electron chi connectivity index (χ4n) is 2.57. The third-order valence-corrected chi connectivity index (χ3v) is 4.02. The Morgan fingerprint density at radius 2 is 1.58 bits per heavy atom. The number of amides is 1. The number of benzene rings is 2. The van der Waals surface area contributed by atoms with Crippen LogP contribution in [-0.2, 0) is 5.41 Å². The second kappa shape index (κ2) is 6.36. The van der Waals surface area contributed by atoms with Crippen molar-refractivity contribution in [2.24, 2.45) is 0 Å². The molecule has 0 radical (unpaired) electrons. The largest absolute Gasteiger partial charge is 0.324 e. The zero-order valence-electron chi connectivity index (χ0n) is 14.3. The van der Waals surface area contributed by atoms with E-state index in [4.69, 9.17) is 0 Å². The van der Waals surface area contributed by atoms with Crippen LogP contribution in [0.5, 0.6) is 0 Å². The molecular formula is C21H22N2O. The van der Waals surface area contributed by atoms with Crippen LogP contribution in [0.2, 0.25) is 0 Å². The van der Waals surface area contributed by atoms with Crippen LogP contribution < -0.4 is 5.32 Å². The van der Waals surface area contributed by atoms with E-state index in [1.807, 2.05) is 65.5 Å². The van der Waals surface area contributed by atoms with Gasteiger partial charge in [0.1, 0.15) is 0 Å². The van der Waals surface area contributed by atoms with Crippen LogP contribution in [0, 0.1) is 0 Å². The number of carbonyl (C=O) groups excluding carboxylic acids is 1. The lowest BCUT2D eigenvalue weighted by Crippen LogP contribution is -2.14. The average Bonchev–Trinajstić information content (AvgIpc) is 3.09. The van der Waals surface area contributed by atoms with Crippen LogP contribution >= 0.6 is 0 Å². The highest BCUT2D eigenvalue weighted by Gasteiger charge is 2.13. The number of nitrogens with one attached hydrogen (secondary N) is 1. The Hall–Kier alpha value is -2.81. The smallest absolute Gasteiger partial charge is 0.255 e. The van der Waals surface area contributed by atoms with Crippen molar-refractivity contribution in [2.75, 3.05) is 5.32 Å². The van der Waals surface area contributed by atoms with Gasteiger partial charge in [-0.2, -0.15) is 0 Å². The molecule has 1 aromatic heterocycles. The zero-order valence-corrected chi connectivity index (χ0v) is 14.3. The van der Waals surface area contributed by atoms with Gasteiger partial charge in [-0.05, 0) is 53.4 Å². The van der Waals surface area contributed by atoms with Crippen molar-refractivity contribution >= 4 is 11.6 Å². The van der Waals surface area contributed by atoms with E-state index in [1.54, 1.807) is 0 Å². The van der Waals surface area contributed by atoms with Crippen LogP contribution in [0.15, 0.2) is 73.1 Å². The average molecular weight is 318 g/mol. The van der Waals surface area contributed by atoms with Crippen LogP contribution in [0.1, 0.15) is 36.7 Å². The van der Waals surface area contributed by atoms with Crippen molar-refractivity contribution in [1.29, 1.82) is 0 Å². The third kappa shape index (κ3) is 3.57. The molecule has 0 fully saturated rings. The molecule has 0 aliphatic rings. The minimum Gasteiger partial charge on any atom is -0.324 e. The molecule has 3 rings (SSSR count). The summed E-state index contributed by atoms with van der Waals surface area (Å²) < 4.78 is 1.98. The van der Waals surface area contributed by atoms with E-state index in [2.05, 4.69) is 38.2 Å². The van der Waals surface area contributed by atoms with Gasteiger partial charge in [-0.25, -0.2) is 0 Å². The number of hydrogen-bond acceptors (Lipinski definition) is 1. The van der Waals surface area contributed by atoms with Crippen LogP contribution in [0.25, 0.3) is 5.69 Å². The van der Waals surface area contributed by atoms with Gasteiger partial charge in [0.05, 0.1) is 0 Å². The van der Waals surface area contributed by atoms with E-state index in [1.165, 1.54) is 5.56 Å². The minimum absolute atomic E-state index is 0.104. The molecule has 122 valence electrons. The molecule has 3 nitrogen and oxygen atoms in total. The highest BCUT2D eigenvalue weighted by Crippen LogP contribution is 2.23. The molecular weight excluding hydrogens is 296 g/mol.